The number of amides is 1. The van der Waals surface area contributed by atoms with Gasteiger partial charge in [0.25, 0.3) is 5.92 Å². The van der Waals surface area contributed by atoms with Crippen LogP contribution in [0.1, 0.15) is 27.2 Å². The summed E-state index contributed by atoms with van der Waals surface area (Å²) in [5.41, 5.74) is -0.806. The van der Waals surface area contributed by atoms with Crippen LogP contribution in [0.25, 0.3) is 0 Å². The van der Waals surface area contributed by atoms with E-state index in [0.717, 1.165) is 0 Å². The summed E-state index contributed by atoms with van der Waals surface area (Å²) in [7, 11) is 0. The van der Waals surface area contributed by atoms with Crippen LogP contribution in [0.5, 0.6) is 0 Å². The summed E-state index contributed by atoms with van der Waals surface area (Å²) in [4.78, 5) is 22.0. The summed E-state index contributed by atoms with van der Waals surface area (Å²) in [6.45, 7) is 4.77. The molecule has 2 N–H and O–H groups in total. The molecule has 1 aliphatic carbocycles. The van der Waals surface area contributed by atoms with E-state index in [0.29, 0.717) is 0 Å². The smallest absolute Gasteiger partial charge is 0.408 e. The van der Waals surface area contributed by atoms with E-state index in [2.05, 4.69) is 0 Å². The molecule has 1 saturated carbocycles. The van der Waals surface area contributed by atoms with Crippen molar-refractivity contribution in [2.24, 2.45) is 5.92 Å². The quantitative estimate of drug-likeness (QED) is 0.799. The standard InChI is InChI=1S/C10H15F2NO4/c1-9(2,3)17-8(16)13-6(7(14)15)5-4-10(5,11)12/h5-6H,4H2,1-3H3,(H,13,16)(H,14,15). The number of hydrogen-bond acceptors (Lipinski definition) is 3. The number of halogens is 2. The van der Waals surface area contributed by atoms with Gasteiger partial charge in [-0.3, -0.25) is 0 Å². The Morgan fingerprint density at radius 3 is 2.24 bits per heavy atom. The highest BCUT2D eigenvalue weighted by Gasteiger charge is 2.63. The second kappa shape index (κ2) is 4.12. The van der Waals surface area contributed by atoms with Crippen molar-refractivity contribution >= 4 is 12.1 Å². The van der Waals surface area contributed by atoms with Gasteiger partial charge in [-0.05, 0) is 20.8 Å². The molecular weight excluding hydrogens is 236 g/mol. The van der Waals surface area contributed by atoms with Crippen molar-refractivity contribution in [2.45, 2.75) is 44.8 Å². The second-order valence-corrected chi connectivity index (χ2v) is 5.03. The van der Waals surface area contributed by atoms with Gasteiger partial charge in [-0.1, -0.05) is 0 Å². The average molecular weight is 251 g/mol. The van der Waals surface area contributed by atoms with E-state index in [1.54, 1.807) is 20.8 Å². The van der Waals surface area contributed by atoms with Crippen molar-refractivity contribution in [2.75, 3.05) is 0 Å². The molecule has 0 bridgehead atoms. The number of carbonyl (C=O) groups is 2. The Kier molecular flexibility index (Phi) is 3.31. The van der Waals surface area contributed by atoms with E-state index in [-0.39, 0.29) is 0 Å². The summed E-state index contributed by atoms with van der Waals surface area (Å²) in [5.74, 6) is -5.86. The molecule has 17 heavy (non-hydrogen) atoms. The summed E-state index contributed by atoms with van der Waals surface area (Å²) in [5, 5.41) is 10.7. The lowest BCUT2D eigenvalue weighted by molar-refractivity contribution is -0.140. The maximum absolute atomic E-state index is 12.7. The fourth-order valence-electron chi connectivity index (χ4n) is 1.36. The molecule has 0 aromatic rings. The van der Waals surface area contributed by atoms with Crippen LogP contribution in [0.15, 0.2) is 0 Å². The van der Waals surface area contributed by atoms with Gasteiger partial charge in [0.15, 0.2) is 0 Å². The third kappa shape index (κ3) is 3.83. The highest BCUT2D eigenvalue weighted by atomic mass is 19.3. The van der Waals surface area contributed by atoms with E-state index in [1.807, 2.05) is 5.32 Å². The highest BCUT2D eigenvalue weighted by Crippen LogP contribution is 2.50. The lowest BCUT2D eigenvalue weighted by Gasteiger charge is -2.21. The average Bonchev–Trinajstić information content (AvgIpc) is 2.66. The summed E-state index contributed by atoms with van der Waals surface area (Å²) >= 11 is 0. The topological polar surface area (TPSA) is 75.6 Å². The number of nitrogens with one attached hydrogen (secondary N) is 1. The Balaban J connectivity index is 2.58. The number of hydrogen-bond donors (Lipinski definition) is 2. The first-order valence-electron chi connectivity index (χ1n) is 5.13. The van der Waals surface area contributed by atoms with Crippen molar-refractivity contribution in [3.8, 4) is 0 Å². The van der Waals surface area contributed by atoms with Gasteiger partial charge in [0.1, 0.15) is 11.6 Å². The van der Waals surface area contributed by atoms with Crippen LogP contribution < -0.4 is 5.32 Å². The predicted octanol–water partition coefficient (Wildman–Crippen LogP) is 1.62. The molecule has 98 valence electrons. The summed E-state index contributed by atoms with van der Waals surface area (Å²) in [6, 6.07) is -1.61. The molecule has 1 rings (SSSR count). The molecule has 1 aliphatic rings. The number of carbonyl (C=O) groups excluding carboxylic acids is 1. The Morgan fingerprint density at radius 2 is 1.94 bits per heavy atom. The van der Waals surface area contributed by atoms with Crippen LogP contribution in [0, 0.1) is 5.92 Å². The molecule has 0 aliphatic heterocycles. The Bertz CT molecular complexity index is 338. The van der Waals surface area contributed by atoms with Crippen LogP contribution in [-0.4, -0.2) is 34.7 Å². The van der Waals surface area contributed by atoms with Gasteiger partial charge in [0.05, 0.1) is 5.92 Å². The number of aliphatic carboxylic acids is 1. The molecular formula is C10H15F2NO4. The monoisotopic (exact) mass is 251 g/mol. The van der Waals surface area contributed by atoms with Crippen LogP contribution >= 0.6 is 0 Å². The first-order chi connectivity index (χ1) is 7.53. The SMILES string of the molecule is CC(C)(C)OC(=O)NC(C(=O)O)C1CC1(F)F. The van der Waals surface area contributed by atoms with Crippen molar-refractivity contribution in [3.63, 3.8) is 0 Å². The zero-order chi connectivity index (χ0) is 13.4. The molecule has 2 unspecified atom stereocenters. The van der Waals surface area contributed by atoms with E-state index < -0.39 is 42.0 Å². The maximum atomic E-state index is 12.7. The van der Waals surface area contributed by atoms with Crippen molar-refractivity contribution in [1.82, 2.24) is 5.32 Å². The van der Waals surface area contributed by atoms with E-state index in [9.17, 15) is 18.4 Å². The maximum Gasteiger partial charge on any atom is 0.408 e. The molecule has 2 atom stereocenters. The molecule has 0 radical (unpaired) electrons. The van der Waals surface area contributed by atoms with Crippen molar-refractivity contribution in [3.05, 3.63) is 0 Å². The Morgan fingerprint density at radius 1 is 1.47 bits per heavy atom. The van der Waals surface area contributed by atoms with Crippen LogP contribution in [0.4, 0.5) is 13.6 Å². The molecule has 0 spiro atoms. The number of ether oxygens (including phenoxy) is 1. The lowest BCUT2D eigenvalue weighted by Crippen LogP contribution is -2.45. The molecule has 0 saturated heterocycles. The first kappa shape index (κ1) is 13.7. The van der Waals surface area contributed by atoms with Crippen LogP contribution in [-0.2, 0) is 9.53 Å². The van der Waals surface area contributed by atoms with E-state index in [4.69, 9.17) is 9.84 Å². The molecule has 5 nitrogen and oxygen atoms in total. The first-order valence-corrected chi connectivity index (χ1v) is 5.13. The van der Waals surface area contributed by atoms with Gasteiger partial charge in [0.2, 0.25) is 0 Å². The molecule has 1 amide bonds. The molecule has 0 aromatic heterocycles. The third-order valence-electron chi connectivity index (χ3n) is 2.22. The number of alkyl carbamates (subject to hydrolysis) is 1. The van der Waals surface area contributed by atoms with Crippen molar-refractivity contribution in [1.29, 1.82) is 0 Å². The number of rotatable bonds is 3. The molecule has 7 heteroatoms. The fraction of sp³-hybridized carbons (Fsp3) is 0.800. The zero-order valence-electron chi connectivity index (χ0n) is 9.79. The predicted molar refractivity (Wildman–Crippen MR) is 53.8 cm³/mol. The van der Waals surface area contributed by atoms with Gasteiger partial charge in [-0.15, -0.1) is 0 Å². The molecule has 0 aromatic carbocycles. The second-order valence-electron chi connectivity index (χ2n) is 5.03. The number of carboxylic acids is 1. The van der Waals surface area contributed by atoms with Gasteiger partial charge in [-0.25, -0.2) is 18.4 Å². The van der Waals surface area contributed by atoms with Gasteiger partial charge in [-0.2, -0.15) is 0 Å². The third-order valence-corrected chi connectivity index (χ3v) is 2.22. The minimum atomic E-state index is -3.02. The van der Waals surface area contributed by atoms with Gasteiger partial charge in [0, 0.05) is 6.42 Å². The fourth-order valence-corrected chi connectivity index (χ4v) is 1.36. The zero-order valence-corrected chi connectivity index (χ0v) is 9.79. The van der Waals surface area contributed by atoms with Gasteiger partial charge < -0.3 is 15.2 Å². The van der Waals surface area contributed by atoms with Crippen LogP contribution in [0.3, 0.4) is 0 Å². The highest BCUT2D eigenvalue weighted by molar-refractivity contribution is 5.81. The van der Waals surface area contributed by atoms with Crippen LogP contribution in [0.2, 0.25) is 0 Å². The van der Waals surface area contributed by atoms with Crippen molar-refractivity contribution < 1.29 is 28.2 Å². The number of carboxylic acid groups (broad SMARTS) is 1. The van der Waals surface area contributed by atoms with E-state index >= 15 is 0 Å². The van der Waals surface area contributed by atoms with Gasteiger partial charge >= 0.3 is 12.1 Å². The number of alkyl halides is 2. The summed E-state index contributed by atoms with van der Waals surface area (Å²) < 4.78 is 30.3. The molecule has 0 heterocycles. The normalized spacial score (nSPS) is 23.7. The summed E-state index contributed by atoms with van der Waals surface area (Å²) in [6.07, 6.45) is -1.53. The largest absolute Gasteiger partial charge is 0.480 e. The Hall–Kier alpha value is -1.40. The minimum Gasteiger partial charge on any atom is -0.480 e. The van der Waals surface area contributed by atoms with E-state index in [1.165, 1.54) is 0 Å². The lowest BCUT2D eigenvalue weighted by atomic mass is 10.2. The minimum absolute atomic E-state index is 0.528. The molecule has 1 fully saturated rings. The Labute approximate surface area is 97.1 Å².